The van der Waals surface area contributed by atoms with Crippen LogP contribution in [0.2, 0.25) is 0 Å². The van der Waals surface area contributed by atoms with Gasteiger partial charge in [-0.3, -0.25) is 0 Å². The van der Waals surface area contributed by atoms with Gasteiger partial charge in [0, 0.05) is 19.0 Å². The van der Waals surface area contributed by atoms with E-state index in [1.54, 1.807) is 12.1 Å². The summed E-state index contributed by atoms with van der Waals surface area (Å²) in [4.78, 5) is 0. The lowest BCUT2D eigenvalue weighted by Gasteiger charge is -2.16. The maximum Gasteiger partial charge on any atom is 0.132 e. The Balaban J connectivity index is 2.56. The molecule has 6 heteroatoms. The van der Waals surface area contributed by atoms with Crippen LogP contribution in [-0.2, 0) is 0 Å². The van der Waals surface area contributed by atoms with Crippen molar-refractivity contribution in [2.75, 3.05) is 0 Å². The van der Waals surface area contributed by atoms with Crippen molar-refractivity contribution in [2.24, 2.45) is 5.73 Å². The maximum absolute atomic E-state index is 13.9. The van der Waals surface area contributed by atoms with Gasteiger partial charge in [0.25, 0.3) is 0 Å². The van der Waals surface area contributed by atoms with Crippen molar-refractivity contribution in [1.82, 2.24) is 0 Å². The molecule has 0 radical (unpaired) electrons. The molecule has 0 aliphatic heterocycles. The average molecular weight is 456 g/mol. The van der Waals surface area contributed by atoms with Crippen LogP contribution in [0.1, 0.15) is 17.2 Å². The molecule has 100 valence electrons. The lowest BCUT2D eigenvalue weighted by Crippen LogP contribution is -2.16. The average Bonchev–Trinajstić information content (AvgIpc) is 2.30. The molecule has 0 aliphatic carbocycles. The van der Waals surface area contributed by atoms with Crippen molar-refractivity contribution >= 4 is 47.8 Å². The molecule has 2 N–H and O–H groups in total. The smallest absolute Gasteiger partial charge is 0.132 e. The van der Waals surface area contributed by atoms with Crippen LogP contribution in [0.15, 0.2) is 43.7 Å². The largest absolute Gasteiger partial charge is 0.320 e. The molecule has 0 fully saturated rings. The molecule has 0 saturated carbocycles. The molecule has 1 unspecified atom stereocenters. The molecule has 2 aromatic carbocycles. The molecule has 0 bridgehead atoms. The van der Waals surface area contributed by atoms with Crippen LogP contribution in [0.25, 0.3) is 0 Å². The summed E-state index contributed by atoms with van der Waals surface area (Å²) in [7, 11) is 0. The van der Waals surface area contributed by atoms with Crippen molar-refractivity contribution in [2.45, 2.75) is 6.04 Å². The van der Waals surface area contributed by atoms with Crippen LogP contribution < -0.4 is 5.73 Å². The standard InChI is InChI=1S/C13H8Br3F2N/c14-6-1-2-9(16)8(3-6)13(19)12-10(17)4-7(15)5-11(12)18/h1-5,13H,19H2. The third-order valence-electron chi connectivity index (χ3n) is 2.65. The lowest BCUT2D eigenvalue weighted by molar-refractivity contribution is 0.541. The first-order valence-electron chi connectivity index (χ1n) is 5.25. The fourth-order valence-electron chi connectivity index (χ4n) is 1.76. The monoisotopic (exact) mass is 453 g/mol. The van der Waals surface area contributed by atoms with Gasteiger partial charge in [0.2, 0.25) is 0 Å². The number of hydrogen-bond donors (Lipinski definition) is 1. The first-order valence-corrected chi connectivity index (χ1v) is 7.63. The van der Waals surface area contributed by atoms with E-state index in [-0.39, 0.29) is 5.56 Å². The Bertz CT molecular complexity index is 608. The molecule has 1 nitrogen and oxygen atoms in total. The zero-order valence-corrected chi connectivity index (χ0v) is 14.2. The third-order valence-corrected chi connectivity index (χ3v) is 4.32. The topological polar surface area (TPSA) is 26.0 Å². The highest BCUT2D eigenvalue weighted by Crippen LogP contribution is 2.33. The van der Waals surface area contributed by atoms with Gasteiger partial charge in [-0.2, -0.15) is 0 Å². The van der Waals surface area contributed by atoms with Gasteiger partial charge >= 0.3 is 0 Å². The van der Waals surface area contributed by atoms with Crippen LogP contribution in [0.4, 0.5) is 8.78 Å². The molecule has 0 amide bonds. The van der Waals surface area contributed by atoms with Crippen molar-refractivity contribution < 1.29 is 8.78 Å². The molecule has 1 atom stereocenters. The molecule has 0 aromatic heterocycles. The van der Waals surface area contributed by atoms with E-state index in [0.29, 0.717) is 14.5 Å². The Morgan fingerprint density at radius 3 is 2.05 bits per heavy atom. The predicted octanol–water partition coefficient (Wildman–Crippen LogP) is 5.30. The first-order chi connectivity index (χ1) is 8.90. The van der Waals surface area contributed by atoms with E-state index in [0.717, 1.165) is 4.47 Å². The summed E-state index contributed by atoms with van der Waals surface area (Å²) in [5, 5.41) is 0. The van der Waals surface area contributed by atoms with Gasteiger partial charge in [-0.25, -0.2) is 8.78 Å². The molecule has 0 spiro atoms. The molecular weight excluding hydrogens is 448 g/mol. The highest BCUT2D eigenvalue weighted by Gasteiger charge is 2.21. The van der Waals surface area contributed by atoms with Gasteiger partial charge in [0.15, 0.2) is 0 Å². The highest BCUT2D eigenvalue weighted by atomic mass is 79.9. The van der Waals surface area contributed by atoms with E-state index in [2.05, 4.69) is 47.8 Å². The summed E-state index contributed by atoms with van der Waals surface area (Å²) in [5.74, 6) is -1.35. The lowest BCUT2D eigenvalue weighted by atomic mass is 9.98. The maximum atomic E-state index is 13.9. The van der Waals surface area contributed by atoms with Crippen molar-refractivity contribution in [3.8, 4) is 0 Å². The van der Waals surface area contributed by atoms with Crippen LogP contribution in [0.3, 0.4) is 0 Å². The second-order valence-corrected chi connectivity index (χ2v) is 6.61. The summed E-state index contributed by atoms with van der Waals surface area (Å²) >= 11 is 9.69. The Labute approximate surface area is 134 Å². The third kappa shape index (κ3) is 3.24. The molecule has 0 saturated heterocycles. The van der Waals surface area contributed by atoms with E-state index in [9.17, 15) is 8.78 Å². The van der Waals surface area contributed by atoms with Crippen LogP contribution >= 0.6 is 47.8 Å². The van der Waals surface area contributed by atoms with E-state index in [4.69, 9.17) is 5.73 Å². The summed E-state index contributed by atoms with van der Waals surface area (Å²) < 4.78 is 29.6. The molecule has 0 heterocycles. The number of hydrogen-bond acceptors (Lipinski definition) is 1. The summed E-state index contributed by atoms with van der Waals surface area (Å²) in [5.41, 5.74) is 6.45. The SMILES string of the molecule is NC(c1cc(Br)ccc1Br)c1c(F)cc(Br)cc1F. The summed E-state index contributed by atoms with van der Waals surface area (Å²) in [6.45, 7) is 0. The Morgan fingerprint density at radius 2 is 1.47 bits per heavy atom. The number of nitrogens with two attached hydrogens (primary N) is 1. The molecule has 19 heavy (non-hydrogen) atoms. The van der Waals surface area contributed by atoms with E-state index in [1.165, 1.54) is 12.1 Å². The molecular formula is C13H8Br3F2N. The van der Waals surface area contributed by atoms with E-state index < -0.39 is 17.7 Å². The predicted molar refractivity (Wildman–Crippen MR) is 81.9 cm³/mol. The second kappa shape index (κ2) is 5.99. The zero-order chi connectivity index (χ0) is 14.2. The minimum atomic E-state index is -0.889. The van der Waals surface area contributed by atoms with Crippen LogP contribution in [0.5, 0.6) is 0 Å². The van der Waals surface area contributed by atoms with Gasteiger partial charge in [-0.15, -0.1) is 0 Å². The summed E-state index contributed by atoms with van der Waals surface area (Å²) in [6.07, 6.45) is 0. The fraction of sp³-hybridized carbons (Fsp3) is 0.0769. The minimum absolute atomic E-state index is 0.151. The summed E-state index contributed by atoms with van der Waals surface area (Å²) in [6, 6.07) is 6.83. The fourth-order valence-corrected chi connectivity index (χ4v) is 3.03. The quantitative estimate of drug-likeness (QED) is 0.653. The van der Waals surface area contributed by atoms with Gasteiger partial charge in [0.05, 0.1) is 6.04 Å². The van der Waals surface area contributed by atoms with Gasteiger partial charge in [-0.05, 0) is 35.9 Å². The Hall–Kier alpha value is -0.300. The zero-order valence-electron chi connectivity index (χ0n) is 9.43. The Kier molecular flexibility index (Phi) is 4.76. The second-order valence-electron chi connectivity index (χ2n) is 3.93. The van der Waals surface area contributed by atoms with E-state index in [1.807, 2.05) is 6.07 Å². The minimum Gasteiger partial charge on any atom is -0.320 e. The van der Waals surface area contributed by atoms with Crippen LogP contribution in [0, 0.1) is 11.6 Å². The van der Waals surface area contributed by atoms with E-state index >= 15 is 0 Å². The van der Waals surface area contributed by atoms with Gasteiger partial charge < -0.3 is 5.73 Å². The number of benzene rings is 2. The van der Waals surface area contributed by atoms with Crippen molar-refractivity contribution in [1.29, 1.82) is 0 Å². The van der Waals surface area contributed by atoms with Crippen molar-refractivity contribution in [3.05, 3.63) is 66.5 Å². The highest BCUT2D eigenvalue weighted by molar-refractivity contribution is 9.11. The van der Waals surface area contributed by atoms with Crippen molar-refractivity contribution in [3.63, 3.8) is 0 Å². The number of rotatable bonds is 2. The Morgan fingerprint density at radius 1 is 0.895 bits per heavy atom. The molecule has 0 aliphatic rings. The normalized spacial score (nSPS) is 12.5. The molecule has 2 aromatic rings. The van der Waals surface area contributed by atoms with Crippen LogP contribution in [-0.4, -0.2) is 0 Å². The number of halogens is 5. The van der Waals surface area contributed by atoms with Gasteiger partial charge in [-0.1, -0.05) is 47.8 Å². The molecule has 2 rings (SSSR count). The first kappa shape index (κ1) is 15.1. The van der Waals surface area contributed by atoms with Gasteiger partial charge in [0.1, 0.15) is 11.6 Å².